The van der Waals surface area contributed by atoms with Crippen molar-refractivity contribution >= 4 is 11.8 Å². The Balaban J connectivity index is 1.86. The van der Waals surface area contributed by atoms with Gasteiger partial charge in [-0.15, -0.1) is 10.2 Å². The average molecular weight is 265 g/mol. The predicted octanol–water partition coefficient (Wildman–Crippen LogP) is 2.01. The van der Waals surface area contributed by atoms with Gasteiger partial charge in [0.15, 0.2) is 6.61 Å². The molecular formula is C12H15N3O2S. The molecule has 0 fully saturated rings. The summed E-state index contributed by atoms with van der Waals surface area (Å²) in [5, 5.41) is 8.32. The minimum absolute atomic E-state index is 0.277. The number of benzene rings is 1. The van der Waals surface area contributed by atoms with Gasteiger partial charge in [-0.25, -0.2) is 0 Å². The van der Waals surface area contributed by atoms with Crippen LogP contribution in [0.1, 0.15) is 11.5 Å². The first-order chi connectivity index (χ1) is 8.78. The minimum Gasteiger partial charge on any atom is -0.484 e. The van der Waals surface area contributed by atoms with Crippen molar-refractivity contribution in [2.75, 3.05) is 12.3 Å². The Bertz CT molecular complexity index is 484. The Morgan fingerprint density at radius 1 is 1.28 bits per heavy atom. The quantitative estimate of drug-likeness (QED) is 0.805. The van der Waals surface area contributed by atoms with Gasteiger partial charge in [0.05, 0.1) is 0 Å². The van der Waals surface area contributed by atoms with Gasteiger partial charge >= 0.3 is 0 Å². The second-order valence-corrected chi connectivity index (χ2v) is 4.75. The highest BCUT2D eigenvalue weighted by Gasteiger charge is 2.06. The van der Waals surface area contributed by atoms with E-state index in [2.05, 4.69) is 10.2 Å². The maximum atomic E-state index is 5.53. The number of nitrogens with two attached hydrogens (primary N) is 1. The molecule has 2 N–H and O–H groups in total. The summed E-state index contributed by atoms with van der Waals surface area (Å²) < 4.78 is 10.9. The van der Waals surface area contributed by atoms with Crippen molar-refractivity contribution in [1.82, 2.24) is 10.2 Å². The van der Waals surface area contributed by atoms with Gasteiger partial charge in [0, 0.05) is 12.3 Å². The van der Waals surface area contributed by atoms with Crippen molar-refractivity contribution < 1.29 is 9.15 Å². The summed E-state index contributed by atoms with van der Waals surface area (Å²) >= 11 is 1.44. The molecule has 5 nitrogen and oxygen atoms in total. The van der Waals surface area contributed by atoms with E-state index in [9.17, 15) is 0 Å². The first kappa shape index (κ1) is 12.9. The van der Waals surface area contributed by atoms with E-state index in [0.29, 0.717) is 17.7 Å². The van der Waals surface area contributed by atoms with Gasteiger partial charge in [-0.1, -0.05) is 29.5 Å². The van der Waals surface area contributed by atoms with Gasteiger partial charge in [-0.05, 0) is 19.1 Å². The fraction of sp³-hybridized carbons (Fsp3) is 0.333. The van der Waals surface area contributed by atoms with Crippen molar-refractivity contribution in [1.29, 1.82) is 0 Å². The Morgan fingerprint density at radius 3 is 2.78 bits per heavy atom. The maximum absolute atomic E-state index is 5.53. The van der Waals surface area contributed by atoms with E-state index in [1.165, 1.54) is 17.3 Å². The molecule has 2 rings (SSSR count). The lowest BCUT2D eigenvalue weighted by atomic mass is 10.2. The second-order valence-electron chi connectivity index (χ2n) is 3.70. The molecule has 6 heteroatoms. The van der Waals surface area contributed by atoms with Crippen LogP contribution >= 0.6 is 11.8 Å². The van der Waals surface area contributed by atoms with Gasteiger partial charge in [-0.2, -0.15) is 0 Å². The number of nitrogens with zero attached hydrogens (tertiary/aromatic N) is 2. The van der Waals surface area contributed by atoms with Crippen LogP contribution in [0.25, 0.3) is 0 Å². The van der Waals surface area contributed by atoms with Gasteiger partial charge in [0.1, 0.15) is 5.75 Å². The van der Waals surface area contributed by atoms with Gasteiger partial charge in [0.2, 0.25) is 0 Å². The molecule has 1 heterocycles. The maximum Gasteiger partial charge on any atom is 0.276 e. The number of aromatic nitrogens is 2. The molecule has 0 spiro atoms. The number of aryl methyl sites for hydroxylation is 1. The summed E-state index contributed by atoms with van der Waals surface area (Å²) in [6.45, 7) is 2.89. The van der Waals surface area contributed by atoms with Gasteiger partial charge in [0.25, 0.3) is 11.1 Å². The van der Waals surface area contributed by atoms with Crippen LogP contribution in [-0.4, -0.2) is 22.5 Å². The third-order valence-electron chi connectivity index (χ3n) is 2.17. The number of ether oxygens (including phenoxy) is 1. The lowest BCUT2D eigenvalue weighted by Gasteiger charge is -2.02. The lowest BCUT2D eigenvalue weighted by molar-refractivity contribution is 0.252. The van der Waals surface area contributed by atoms with E-state index in [-0.39, 0.29) is 6.61 Å². The Labute approximate surface area is 110 Å². The third-order valence-corrected chi connectivity index (χ3v) is 3.03. The summed E-state index contributed by atoms with van der Waals surface area (Å²) in [5.41, 5.74) is 6.59. The predicted molar refractivity (Wildman–Crippen MR) is 69.6 cm³/mol. The van der Waals surface area contributed by atoms with Gasteiger partial charge < -0.3 is 14.9 Å². The molecule has 0 atom stereocenters. The van der Waals surface area contributed by atoms with Crippen molar-refractivity contribution in [3.8, 4) is 5.75 Å². The normalized spacial score (nSPS) is 10.6. The zero-order valence-electron chi connectivity index (χ0n) is 10.1. The third kappa shape index (κ3) is 3.75. The number of thioether (sulfide) groups is 1. The molecule has 0 amide bonds. The Hall–Kier alpha value is -1.53. The van der Waals surface area contributed by atoms with Crippen LogP contribution in [0.5, 0.6) is 5.75 Å². The molecule has 1 aromatic heterocycles. The molecule has 18 heavy (non-hydrogen) atoms. The highest BCUT2D eigenvalue weighted by atomic mass is 32.2. The number of hydrogen-bond donors (Lipinski definition) is 1. The first-order valence-corrected chi connectivity index (χ1v) is 6.61. The highest BCUT2D eigenvalue weighted by Crippen LogP contribution is 2.17. The molecule has 0 saturated heterocycles. The molecule has 0 aliphatic heterocycles. The summed E-state index contributed by atoms with van der Waals surface area (Å²) in [7, 11) is 0. The molecule has 0 saturated carbocycles. The summed E-state index contributed by atoms with van der Waals surface area (Å²) in [6, 6.07) is 7.81. The van der Waals surface area contributed by atoms with E-state index in [1.807, 2.05) is 31.2 Å². The molecule has 0 aliphatic carbocycles. The SMILES string of the molecule is Cc1ccc(OCc2nnc(SCCN)o2)cc1. The summed E-state index contributed by atoms with van der Waals surface area (Å²) in [5.74, 6) is 2.02. The van der Waals surface area contributed by atoms with Gasteiger partial charge in [-0.3, -0.25) is 0 Å². The largest absolute Gasteiger partial charge is 0.484 e. The molecule has 0 aliphatic rings. The Kier molecular flexibility index (Phi) is 4.60. The van der Waals surface area contributed by atoms with Crippen molar-refractivity contribution in [2.45, 2.75) is 18.8 Å². The van der Waals surface area contributed by atoms with E-state index in [4.69, 9.17) is 14.9 Å². The molecule has 96 valence electrons. The van der Waals surface area contributed by atoms with Crippen molar-refractivity contribution in [2.24, 2.45) is 5.73 Å². The zero-order chi connectivity index (χ0) is 12.8. The molecular weight excluding hydrogens is 250 g/mol. The second kappa shape index (κ2) is 6.42. The van der Waals surface area contributed by atoms with Crippen LogP contribution in [0.2, 0.25) is 0 Å². The summed E-state index contributed by atoms with van der Waals surface area (Å²) in [6.07, 6.45) is 0. The van der Waals surface area contributed by atoms with Crippen LogP contribution in [0.4, 0.5) is 0 Å². The molecule has 2 aromatic rings. The van der Waals surface area contributed by atoms with Crippen molar-refractivity contribution in [3.63, 3.8) is 0 Å². The van der Waals surface area contributed by atoms with Crippen molar-refractivity contribution in [3.05, 3.63) is 35.7 Å². The topological polar surface area (TPSA) is 74.2 Å². The molecule has 0 radical (unpaired) electrons. The Morgan fingerprint density at radius 2 is 2.06 bits per heavy atom. The van der Waals surface area contributed by atoms with Crippen LogP contribution in [0, 0.1) is 6.92 Å². The zero-order valence-corrected chi connectivity index (χ0v) is 10.9. The smallest absolute Gasteiger partial charge is 0.276 e. The molecule has 0 unspecified atom stereocenters. The number of rotatable bonds is 6. The lowest BCUT2D eigenvalue weighted by Crippen LogP contribution is -2.00. The van der Waals surface area contributed by atoms with Crippen LogP contribution in [0.15, 0.2) is 33.9 Å². The minimum atomic E-state index is 0.277. The fourth-order valence-electron chi connectivity index (χ4n) is 1.28. The van der Waals surface area contributed by atoms with Crippen LogP contribution < -0.4 is 10.5 Å². The van der Waals surface area contributed by atoms with E-state index in [1.54, 1.807) is 0 Å². The fourth-order valence-corrected chi connectivity index (χ4v) is 1.83. The molecule has 0 bridgehead atoms. The summed E-state index contributed by atoms with van der Waals surface area (Å²) in [4.78, 5) is 0. The van der Waals surface area contributed by atoms with E-state index >= 15 is 0 Å². The molecule has 1 aromatic carbocycles. The van der Waals surface area contributed by atoms with Crippen LogP contribution in [-0.2, 0) is 6.61 Å². The number of hydrogen-bond acceptors (Lipinski definition) is 6. The standard InChI is InChI=1S/C12H15N3O2S/c1-9-2-4-10(5-3-9)16-8-11-14-15-12(17-11)18-7-6-13/h2-5H,6-8,13H2,1H3. The van der Waals surface area contributed by atoms with E-state index < -0.39 is 0 Å². The van der Waals surface area contributed by atoms with Crippen LogP contribution in [0.3, 0.4) is 0 Å². The highest BCUT2D eigenvalue weighted by molar-refractivity contribution is 7.99. The first-order valence-electron chi connectivity index (χ1n) is 5.62. The monoisotopic (exact) mass is 265 g/mol. The van der Waals surface area contributed by atoms with E-state index in [0.717, 1.165) is 11.5 Å². The average Bonchev–Trinajstić information content (AvgIpc) is 2.84.